The van der Waals surface area contributed by atoms with Crippen molar-refractivity contribution < 1.29 is 33.7 Å². The Morgan fingerprint density at radius 3 is 2.39 bits per heavy atom. The number of terminal acetylenes is 1. The molecule has 8 heteroatoms. The minimum Gasteiger partial charge on any atom is -0.508 e. The molecular weight excluding hydrogens is 306 g/mol. The third-order valence-electron chi connectivity index (χ3n) is 2.50. The summed E-state index contributed by atoms with van der Waals surface area (Å²) in [4.78, 5) is 33.9. The quantitative estimate of drug-likeness (QED) is 0.339. The van der Waals surface area contributed by atoms with Crippen LogP contribution in [0.15, 0.2) is 24.3 Å². The molecule has 0 aliphatic heterocycles. The van der Waals surface area contributed by atoms with E-state index in [9.17, 15) is 14.4 Å². The van der Waals surface area contributed by atoms with Crippen molar-refractivity contribution in [1.29, 1.82) is 0 Å². The highest BCUT2D eigenvalue weighted by atomic mass is 16.6. The maximum Gasteiger partial charge on any atom is 0.407 e. The molecule has 0 fully saturated rings. The molecule has 1 aromatic carbocycles. The highest BCUT2D eigenvalue weighted by molar-refractivity contribution is 5.89. The molecule has 0 aromatic heterocycles. The molecule has 0 heterocycles. The zero-order valence-electron chi connectivity index (χ0n) is 12.3. The number of aromatic hydroxyl groups is 1. The predicted molar refractivity (Wildman–Crippen MR) is 77.5 cm³/mol. The SMILES string of the molecule is C#CC(=O)OCC(COC(=O)c1ccc(O)cc1)OC(=O)NC. The van der Waals surface area contributed by atoms with Gasteiger partial charge < -0.3 is 24.6 Å². The second-order valence-corrected chi connectivity index (χ2v) is 4.17. The fraction of sp³-hybridized carbons (Fsp3) is 0.267. The monoisotopic (exact) mass is 321 g/mol. The van der Waals surface area contributed by atoms with Crippen molar-refractivity contribution in [3.8, 4) is 18.1 Å². The van der Waals surface area contributed by atoms with Crippen LogP contribution in [0.3, 0.4) is 0 Å². The van der Waals surface area contributed by atoms with Gasteiger partial charge in [-0.05, 0) is 24.3 Å². The maximum atomic E-state index is 11.8. The Labute approximate surface area is 132 Å². The van der Waals surface area contributed by atoms with E-state index in [0.717, 1.165) is 0 Å². The van der Waals surface area contributed by atoms with Crippen LogP contribution in [0, 0.1) is 12.3 Å². The van der Waals surface area contributed by atoms with Gasteiger partial charge in [-0.1, -0.05) is 0 Å². The second kappa shape index (κ2) is 8.94. The summed E-state index contributed by atoms with van der Waals surface area (Å²) >= 11 is 0. The molecular formula is C15H15NO7. The molecule has 1 atom stereocenters. The van der Waals surface area contributed by atoms with Crippen molar-refractivity contribution in [2.75, 3.05) is 20.3 Å². The van der Waals surface area contributed by atoms with Crippen molar-refractivity contribution in [2.45, 2.75) is 6.10 Å². The van der Waals surface area contributed by atoms with Gasteiger partial charge in [0.15, 0.2) is 6.10 Å². The molecule has 2 N–H and O–H groups in total. The number of esters is 2. The number of amides is 1. The number of hydrogen-bond donors (Lipinski definition) is 2. The molecule has 1 rings (SSSR count). The van der Waals surface area contributed by atoms with Crippen LogP contribution in [0.5, 0.6) is 5.75 Å². The van der Waals surface area contributed by atoms with Crippen LogP contribution < -0.4 is 5.32 Å². The van der Waals surface area contributed by atoms with Gasteiger partial charge in [0.1, 0.15) is 19.0 Å². The van der Waals surface area contributed by atoms with Crippen LogP contribution in [-0.4, -0.2) is 49.5 Å². The number of phenols is 1. The van der Waals surface area contributed by atoms with E-state index in [4.69, 9.17) is 21.0 Å². The third kappa shape index (κ3) is 6.39. The van der Waals surface area contributed by atoms with Crippen LogP contribution in [0.4, 0.5) is 4.79 Å². The topological polar surface area (TPSA) is 111 Å². The Morgan fingerprint density at radius 1 is 1.22 bits per heavy atom. The van der Waals surface area contributed by atoms with Gasteiger partial charge in [-0.2, -0.15) is 0 Å². The van der Waals surface area contributed by atoms with Gasteiger partial charge in [-0.15, -0.1) is 6.42 Å². The van der Waals surface area contributed by atoms with Crippen LogP contribution in [0.2, 0.25) is 0 Å². The van der Waals surface area contributed by atoms with Crippen molar-refractivity contribution in [1.82, 2.24) is 5.32 Å². The highest BCUT2D eigenvalue weighted by Crippen LogP contribution is 2.11. The van der Waals surface area contributed by atoms with E-state index in [1.54, 1.807) is 5.92 Å². The number of phenolic OH excluding ortho intramolecular Hbond substituents is 1. The lowest BCUT2D eigenvalue weighted by Gasteiger charge is -2.17. The van der Waals surface area contributed by atoms with E-state index >= 15 is 0 Å². The van der Waals surface area contributed by atoms with E-state index < -0.39 is 24.1 Å². The van der Waals surface area contributed by atoms with Gasteiger partial charge in [-0.3, -0.25) is 0 Å². The van der Waals surface area contributed by atoms with Crippen molar-refractivity contribution >= 4 is 18.0 Å². The van der Waals surface area contributed by atoms with E-state index in [1.165, 1.54) is 31.3 Å². The lowest BCUT2D eigenvalue weighted by atomic mass is 10.2. The summed E-state index contributed by atoms with van der Waals surface area (Å²) in [6.45, 7) is -0.704. The molecule has 122 valence electrons. The summed E-state index contributed by atoms with van der Waals surface area (Å²) in [5.74, 6) is 0.112. The van der Waals surface area contributed by atoms with Crippen molar-refractivity contribution in [3.05, 3.63) is 29.8 Å². The molecule has 0 saturated heterocycles. The molecule has 0 radical (unpaired) electrons. The number of benzene rings is 1. The largest absolute Gasteiger partial charge is 0.508 e. The fourth-order valence-electron chi connectivity index (χ4n) is 1.39. The molecule has 1 aromatic rings. The summed E-state index contributed by atoms with van der Waals surface area (Å²) < 4.78 is 14.5. The number of rotatable bonds is 6. The molecule has 8 nitrogen and oxygen atoms in total. The molecule has 0 spiro atoms. The summed E-state index contributed by atoms with van der Waals surface area (Å²) in [6, 6.07) is 5.38. The molecule has 0 saturated carbocycles. The van der Waals surface area contributed by atoms with Crippen molar-refractivity contribution in [3.63, 3.8) is 0 Å². The van der Waals surface area contributed by atoms with Gasteiger partial charge in [0.2, 0.25) is 0 Å². The molecule has 0 aliphatic carbocycles. The van der Waals surface area contributed by atoms with Crippen LogP contribution in [0.25, 0.3) is 0 Å². The van der Waals surface area contributed by atoms with Crippen molar-refractivity contribution in [2.24, 2.45) is 0 Å². The first-order valence-corrected chi connectivity index (χ1v) is 6.44. The Morgan fingerprint density at radius 2 is 1.83 bits per heavy atom. The Hall–Kier alpha value is -3.21. The summed E-state index contributed by atoms with van der Waals surface area (Å²) in [6.07, 6.45) is 3.04. The summed E-state index contributed by atoms with van der Waals surface area (Å²) in [5.41, 5.74) is 0.196. The average molecular weight is 321 g/mol. The smallest absolute Gasteiger partial charge is 0.407 e. The van der Waals surface area contributed by atoms with Gasteiger partial charge in [0.25, 0.3) is 0 Å². The number of ether oxygens (including phenoxy) is 3. The lowest BCUT2D eigenvalue weighted by molar-refractivity contribution is -0.140. The summed E-state index contributed by atoms with van der Waals surface area (Å²) in [7, 11) is 1.34. The molecule has 0 bridgehead atoms. The van der Waals surface area contributed by atoms with E-state index in [1.807, 2.05) is 0 Å². The zero-order chi connectivity index (χ0) is 17.2. The first kappa shape index (κ1) is 17.8. The first-order valence-electron chi connectivity index (χ1n) is 6.44. The van der Waals surface area contributed by atoms with Gasteiger partial charge >= 0.3 is 18.0 Å². The van der Waals surface area contributed by atoms with Crippen LogP contribution in [-0.2, 0) is 19.0 Å². The van der Waals surface area contributed by atoms with E-state index in [-0.39, 0.29) is 24.5 Å². The minimum atomic E-state index is -1.02. The summed E-state index contributed by atoms with van der Waals surface area (Å²) in [5, 5.41) is 11.4. The maximum absolute atomic E-state index is 11.8. The highest BCUT2D eigenvalue weighted by Gasteiger charge is 2.19. The Bertz CT molecular complexity index is 603. The zero-order valence-corrected chi connectivity index (χ0v) is 12.3. The number of hydrogen-bond acceptors (Lipinski definition) is 7. The van der Waals surface area contributed by atoms with Crippen LogP contribution >= 0.6 is 0 Å². The number of carbonyl (C=O) groups excluding carboxylic acids is 3. The van der Waals surface area contributed by atoms with Gasteiger partial charge in [0, 0.05) is 13.0 Å². The molecule has 1 amide bonds. The second-order valence-electron chi connectivity index (χ2n) is 4.17. The first-order chi connectivity index (χ1) is 11.0. The molecule has 0 aliphatic rings. The number of alkyl carbamates (subject to hydrolysis) is 1. The van der Waals surface area contributed by atoms with Gasteiger partial charge in [-0.25, -0.2) is 14.4 Å². The standard InChI is InChI=1S/C15H15NO7/c1-3-13(18)21-8-12(23-15(20)16-2)9-22-14(19)10-4-6-11(17)7-5-10/h1,4-7,12,17H,8-9H2,2H3,(H,16,20). The number of nitrogens with one attached hydrogen (secondary N) is 1. The molecule has 1 unspecified atom stereocenters. The van der Waals surface area contributed by atoms with E-state index in [0.29, 0.717) is 0 Å². The van der Waals surface area contributed by atoms with Gasteiger partial charge in [0.05, 0.1) is 5.56 Å². The Kier molecular flexibility index (Phi) is 6.94. The normalized spacial score (nSPS) is 10.8. The lowest BCUT2D eigenvalue weighted by Crippen LogP contribution is -2.34. The van der Waals surface area contributed by atoms with Crippen LogP contribution in [0.1, 0.15) is 10.4 Å². The average Bonchev–Trinajstić information content (AvgIpc) is 2.56. The fourth-order valence-corrected chi connectivity index (χ4v) is 1.39. The minimum absolute atomic E-state index is 0.00331. The Balaban J connectivity index is 2.59. The van der Waals surface area contributed by atoms with E-state index in [2.05, 4.69) is 10.1 Å². The third-order valence-corrected chi connectivity index (χ3v) is 2.50. The predicted octanol–water partition coefficient (Wildman–Crippen LogP) is 0.450. The molecule has 23 heavy (non-hydrogen) atoms. The number of carbonyl (C=O) groups is 3.